The second-order valence-corrected chi connectivity index (χ2v) is 7.17. The minimum Gasteiger partial charge on any atom is -0.383 e. The van der Waals surface area contributed by atoms with Crippen LogP contribution in [0.1, 0.15) is 26.3 Å². The van der Waals surface area contributed by atoms with Crippen molar-refractivity contribution in [2.24, 2.45) is 5.41 Å². The predicted octanol–water partition coefficient (Wildman–Crippen LogP) is 4.20. The van der Waals surface area contributed by atoms with Gasteiger partial charge in [-0.2, -0.15) is 0 Å². The molecule has 25 heavy (non-hydrogen) atoms. The van der Waals surface area contributed by atoms with Gasteiger partial charge in [0.15, 0.2) is 0 Å². The Morgan fingerprint density at radius 1 is 1.16 bits per heavy atom. The fourth-order valence-corrected chi connectivity index (χ4v) is 2.56. The molecular formula is C20H24N4O. The lowest BCUT2D eigenvalue weighted by Crippen LogP contribution is -2.27. The van der Waals surface area contributed by atoms with Gasteiger partial charge in [0.25, 0.3) is 0 Å². The van der Waals surface area contributed by atoms with Crippen LogP contribution in [0.2, 0.25) is 0 Å². The second-order valence-electron chi connectivity index (χ2n) is 7.17. The molecule has 0 spiro atoms. The molecule has 1 amide bonds. The zero-order chi connectivity index (χ0) is 17.9. The molecule has 0 bridgehead atoms. The Morgan fingerprint density at radius 2 is 1.96 bits per heavy atom. The van der Waals surface area contributed by atoms with E-state index >= 15 is 0 Å². The van der Waals surface area contributed by atoms with Crippen LogP contribution in [0.5, 0.6) is 0 Å². The van der Waals surface area contributed by atoms with E-state index in [-0.39, 0.29) is 5.91 Å². The van der Waals surface area contributed by atoms with Gasteiger partial charge in [-0.3, -0.25) is 4.79 Å². The number of para-hydroxylation sites is 1. The van der Waals surface area contributed by atoms with Crippen molar-refractivity contribution in [3.8, 4) is 0 Å². The highest BCUT2D eigenvalue weighted by Gasteiger charge is 2.21. The van der Waals surface area contributed by atoms with Gasteiger partial charge in [0.1, 0.15) is 5.82 Å². The van der Waals surface area contributed by atoms with Gasteiger partial charge in [0.2, 0.25) is 5.91 Å². The Kier molecular flexibility index (Phi) is 4.74. The van der Waals surface area contributed by atoms with Crippen molar-refractivity contribution in [2.75, 3.05) is 17.2 Å². The van der Waals surface area contributed by atoms with Gasteiger partial charge in [0.05, 0.1) is 11.9 Å². The van der Waals surface area contributed by atoms with Gasteiger partial charge in [-0.15, -0.1) is 0 Å². The van der Waals surface area contributed by atoms with Crippen LogP contribution >= 0.6 is 0 Å². The third-order valence-electron chi connectivity index (χ3n) is 4.08. The van der Waals surface area contributed by atoms with Gasteiger partial charge in [-0.1, -0.05) is 39.0 Å². The molecule has 3 aromatic rings. The van der Waals surface area contributed by atoms with Crippen molar-refractivity contribution < 1.29 is 4.79 Å². The summed E-state index contributed by atoms with van der Waals surface area (Å²) >= 11 is 0. The number of nitrogens with one attached hydrogen (secondary N) is 3. The predicted molar refractivity (Wildman–Crippen MR) is 103 cm³/mol. The maximum atomic E-state index is 12.0. The number of carbonyl (C=O) groups excluding carboxylic acids is 1. The minimum atomic E-state index is -0.433. The van der Waals surface area contributed by atoms with Gasteiger partial charge < -0.3 is 15.6 Å². The monoisotopic (exact) mass is 336 g/mol. The summed E-state index contributed by atoms with van der Waals surface area (Å²) in [5.74, 6) is 0.530. The SMILES string of the molecule is CC(C)(C)C(=O)Nc1ccc(NCCc2c[nH]c3ccccc23)cn1. The van der Waals surface area contributed by atoms with E-state index in [2.05, 4.69) is 45.0 Å². The first-order valence-electron chi connectivity index (χ1n) is 8.50. The molecule has 0 aliphatic carbocycles. The molecule has 2 heterocycles. The van der Waals surface area contributed by atoms with Crippen LogP contribution in [0.3, 0.4) is 0 Å². The number of hydrogen-bond donors (Lipinski definition) is 3. The Labute approximate surface area is 147 Å². The first-order chi connectivity index (χ1) is 11.9. The smallest absolute Gasteiger partial charge is 0.230 e. The number of pyridine rings is 1. The number of hydrogen-bond acceptors (Lipinski definition) is 3. The molecule has 5 heteroatoms. The van der Waals surface area contributed by atoms with Crippen LogP contribution in [-0.2, 0) is 11.2 Å². The highest BCUT2D eigenvalue weighted by Crippen LogP contribution is 2.19. The van der Waals surface area contributed by atoms with E-state index in [1.54, 1.807) is 6.20 Å². The third-order valence-corrected chi connectivity index (χ3v) is 4.08. The quantitative estimate of drug-likeness (QED) is 0.654. The van der Waals surface area contributed by atoms with Crippen LogP contribution in [0, 0.1) is 5.41 Å². The van der Waals surface area contributed by atoms with Crippen LogP contribution in [0.4, 0.5) is 11.5 Å². The lowest BCUT2D eigenvalue weighted by atomic mass is 9.96. The summed E-state index contributed by atoms with van der Waals surface area (Å²) in [5, 5.41) is 7.46. The number of benzene rings is 1. The van der Waals surface area contributed by atoms with Crippen molar-refractivity contribution in [3.05, 3.63) is 54.4 Å². The Balaban J connectivity index is 1.54. The van der Waals surface area contributed by atoms with Gasteiger partial charge in [0, 0.05) is 29.1 Å². The summed E-state index contributed by atoms with van der Waals surface area (Å²) in [5.41, 5.74) is 2.97. The standard InChI is InChI=1S/C20H24N4O/c1-20(2,3)19(25)24-18-9-8-15(13-23-18)21-11-10-14-12-22-17-7-5-4-6-16(14)17/h4-9,12-13,21-22H,10-11H2,1-3H3,(H,23,24,25). The topological polar surface area (TPSA) is 69.8 Å². The fourth-order valence-electron chi connectivity index (χ4n) is 2.56. The molecule has 1 aromatic carbocycles. The van der Waals surface area contributed by atoms with Crippen molar-refractivity contribution in [2.45, 2.75) is 27.2 Å². The fraction of sp³-hybridized carbons (Fsp3) is 0.300. The number of aromatic amines is 1. The highest BCUT2D eigenvalue weighted by molar-refractivity contribution is 5.93. The molecule has 2 aromatic heterocycles. The normalized spacial score (nSPS) is 11.5. The number of fused-ring (bicyclic) bond motifs is 1. The Morgan fingerprint density at radius 3 is 2.68 bits per heavy atom. The number of nitrogens with zero attached hydrogens (tertiary/aromatic N) is 1. The Hall–Kier alpha value is -2.82. The number of aromatic nitrogens is 2. The van der Waals surface area contributed by atoms with Gasteiger partial charge in [-0.05, 0) is 30.2 Å². The molecule has 130 valence electrons. The number of H-pyrrole nitrogens is 1. The van der Waals surface area contributed by atoms with Crippen molar-refractivity contribution >= 4 is 28.3 Å². The molecule has 0 saturated carbocycles. The summed E-state index contributed by atoms with van der Waals surface area (Å²) in [6.07, 6.45) is 4.73. The molecule has 0 atom stereocenters. The molecule has 0 radical (unpaired) electrons. The van der Waals surface area contributed by atoms with E-state index in [1.807, 2.05) is 39.0 Å². The number of rotatable bonds is 5. The van der Waals surface area contributed by atoms with Gasteiger partial charge >= 0.3 is 0 Å². The molecule has 5 nitrogen and oxygen atoms in total. The number of amides is 1. The van der Waals surface area contributed by atoms with E-state index in [1.165, 1.54) is 10.9 Å². The molecule has 0 aliphatic rings. The lowest BCUT2D eigenvalue weighted by Gasteiger charge is -2.17. The van der Waals surface area contributed by atoms with Crippen molar-refractivity contribution in [3.63, 3.8) is 0 Å². The maximum absolute atomic E-state index is 12.0. The van der Waals surface area contributed by atoms with E-state index < -0.39 is 5.41 Å². The molecule has 0 fully saturated rings. The van der Waals surface area contributed by atoms with Crippen LogP contribution < -0.4 is 10.6 Å². The average molecular weight is 336 g/mol. The Bertz CT molecular complexity index is 859. The summed E-state index contributed by atoms with van der Waals surface area (Å²) in [6, 6.07) is 12.1. The zero-order valence-corrected chi connectivity index (χ0v) is 14.9. The first kappa shape index (κ1) is 17.0. The van der Waals surface area contributed by atoms with Crippen molar-refractivity contribution in [1.82, 2.24) is 9.97 Å². The van der Waals surface area contributed by atoms with E-state index in [0.717, 1.165) is 24.2 Å². The zero-order valence-electron chi connectivity index (χ0n) is 14.9. The summed E-state index contributed by atoms with van der Waals surface area (Å²) in [6.45, 7) is 6.45. The molecule has 0 unspecified atom stereocenters. The first-order valence-corrected chi connectivity index (χ1v) is 8.50. The molecular weight excluding hydrogens is 312 g/mol. The highest BCUT2D eigenvalue weighted by atomic mass is 16.2. The van der Waals surface area contributed by atoms with Crippen molar-refractivity contribution in [1.29, 1.82) is 0 Å². The van der Waals surface area contributed by atoms with E-state index in [4.69, 9.17) is 0 Å². The third kappa shape index (κ3) is 4.18. The van der Waals surface area contributed by atoms with E-state index in [0.29, 0.717) is 5.82 Å². The minimum absolute atomic E-state index is 0.0416. The maximum Gasteiger partial charge on any atom is 0.230 e. The molecule has 0 aliphatic heterocycles. The van der Waals surface area contributed by atoms with Crippen LogP contribution in [0.25, 0.3) is 10.9 Å². The summed E-state index contributed by atoms with van der Waals surface area (Å²) in [7, 11) is 0. The van der Waals surface area contributed by atoms with E-state index in [9.17, 15) is 4.79 Å². The summed E-state index contributed by atoms with van der Waals surface area (Å²) < 4.78 is 0. The molecule has 0 saturated heterocycles. The largest absolute Gasteiger partial charge is 0.383 e. The number of carbonyl (C=O) groups is 1. The van der Waals surface area contributed by atoms with Crippen LogP contribution in [0.15, 0.2) is 48.8 Å². The average Bonchev–Trinajstić information content (AvgIpc) is 2.99. The molecule has 3 rings (SSSR count). The summed E-state index contributed by atoms with van der Waals surface area (Å²) in [4.78, 5) is 19.6. The van der Waals surface area contributed by atoms with Gasteiger partial charge in [-0.25, -0.2) is 4.98 Å². The lowest BCUT2D eigenvalue weighted by molar-refractivity contribution is -0.123. The second kappa shape index (κ2) is 6.97. The number of anilines is 2. The van der Waals surface area contributed by atoms with Crippen LogP contribution in [-0.4, -0.2) is 22.4 Å². The molecule has 3 N–H and O–H groups in total.